The van der Waals surface area contributed by atoms with Crippen molar-refractivity contribution >= 4 is 70.4 Å². The fraction of sp³-hybridized carbons (Fsp3) is 0.471. The molecule has 0 saturated carbocycles. The van der Waals surface area contributed by atoms with Crippen LogP contribution >= 0.6 is 23.2 Å². The van der Waals surface area contributed by atoms with Crippen LogP contribution in [-0.4, -0.2) is 162 Å². The highest BCUT2D eigenvalue weighted by molar-refractivity contribution is 6.31. The van der Waals surface area contributed by atoms with Gasteiger partial charge in [0, 0.05) is 34.5 Å². The highest BCUT2D eigenvalue weighted by Crippen LogP contribution is 2.15. The number of carbonyl (C=O) groups is 2. The summed E-state index contributed by atoms with van der Waals surface area (Å²) in [6.07, 6.45) is -14.5. The number of guanidine groups is 4. The van der Waals surface area contributed by atoms with Gasteiger partial charge in [0.05, 0.1) is 13.2 Å². The number of anilines is 2. The first-order valence-electron chi connectivity index (χ1n) is 17.6. The van der Waals surface area contributed by atoms with E-state index in [2.05, 4.69) is 36.6 Å². The van der Waals surface area contributed by atoms with Crippen LogP contribution in [0.25, 0.3) is 0 Å². The van der Waals surface area contributed by atoms with Gasteiger partial charge in [-0.1, -0.05) is 36.0 Å². The van der Waals surface area contributed by atoms with Crippen LogP contribution in [0, 0.1) is 21.6 Å². The molecule has 0 radical (unpaired) electrons. The number of aliphatic carboxylic acids is 1. The standard InChI is InChI=1S/C22H30Cl2N10.C12H22O13/c23-15-5-9-17(10-6-15)31-21(27)33-19(25)29-13-3-1-2-4-14-30-20(26)34-22(28)32-18-11-7-16(24)8-12-18;13-1-3(15)5(17)7(19)9(21)12(24)25-10(11(22)23)8(20)6(18)4(16)2-14/h5-12H,1-4,13-14H2,(H5,25,27,29,31,33)(H5,26,28,30,32,34);3-10,13-21H,1-2H2,(H,22,23)/t;3-,4-,5-,6-,7+,8+,9-,10-/m.1/s1. The Labute approximate surface area is 348 Å². The summed E-state index contributed by atoms with van der Waals surface area (Å²) in [5.74, 6) is -3.74. The molecule has 23 nitrogen and oxygen atoms in total. The molecule has 0 fully saturated rings. The number of halogens is 2. The lowest BCUT2D eigenvalue weighted by atomic mass is 10.0. The van der Waals surface area contributed by atoms with Crippen LogP contribution in [0.5, 0.6) is 0 Å². The van der Waals surface area contributed by atoms with Gasteiger partial charge in [-0.2, -0.15) is 0 Å². The number of hydrogen-bond donors (Lipinski definition) is 20. The first-order valence-corrected chi connectivity index (χ1v) is 18.4. The van der Waals surface area contributed by atoms with E-state index in [1.165, 1.54) is 0 Å². The molecule has 2 aromatic rings. The molecule has 59 heavy (non-hydrogen) atoms. The maximum Gasteiger partial charge on any atom is 0.347 e. The molecular formula is C34H52Cl2N10O13. The number of nitrogens with one attached hydrogen (secondary N) is 10. The highest BCUT2D eigenvalue weighted by atomic mass is 35.5. The number of esters is 1. The van der Waals surface area contributed by atoms with Crippen molar-refractivity contribution in [3.05, 3.63) is 58.6 Å². The van der Waals surface area contributed by atoms with Crippen molar-refractivity contribution in [2.45, 2.75) is 74.5 Å². The first kappa shape index (κ1) is 52.1. The third kappa shape index (κ3) is 20.6. The Morgan fingerprint density at radius 3 is 1.31 bits per heavy atom. The largest absolute Gasteiger partial charge is 0.478 e. The van der Waals surface area contributed by atoms with Crippen molar-refractivity contribution < 1.29 is 65.4 Å². The van der Waals surface area contributed by atoms with Crippen LogP contribution in [0.1, 0.15) is 25.7 Å². The second-order valence-electron chi connectivity index (χ2n) is 12.4. The number of aliphatic hydroxyl groups is 9. The molecular weight excluding hydrogens is 827 g/mol. The molecule has 0 aliphatic heterocycles. The van der Waals surface area contributed by atoms with Gasteiger partial charge in [-0.15, -0.1) is 0 Å². The SMILES string of the molecule is N=C(NCCCCCCNC(=N)NC(=N)Nc1ccc(Cl)cc1)NC(=N)Nc1ccc(Cl)cc1.O=C(O[C@@H](C(=O)O)[C@@H](O)[C@H](O)[C@H](O)CO)[C@H](O)[C@@H](O)[C@H](O)[C@H](O)CO. The molecule has 0 aliphatic rings. The second kappa shape index (κ2) is 27.7. The summed E-state index contributed by atoms with van der Waals surface area (Å²) in [6, 6.07) is 13.9. The number of carbonyl (C=O) groups excluding carboxylic acids is 1. The minimum absolute atomic E-state index is 0.00148. The quantitative estimate of drug-likeness (QED) is 0.0287. The minimum atomic E-state index is -2.58. The van der Waals surface area contributed by atoms with Crippen molar-refractivity contribution in [2.24, 2.45) is 0 Å². The van der Waals surface area contributed by atoms with E-state index in [1.807, 2.05) is 0 Å². The molecule has 25 heteroatoms. The lowest BCUT2D eigenvalue weighted by Crippen LogP contribution is -2.53. The van der Waals surface area contributed by atoms with Crippen molar-refractivity contribution in [2.75, 3.05) is 36.9 Å². The topological polar surface area (TPSA) is 413 Å². The van der Waals surface area contributed by atoms with E-state index in [1.54, 1.807) is 48.5 Å². The summed E-state index contributed by atoms with van der Waals surface area (Å²) in [4.78, 5) is 22.6. The molecule has 0 unspecified atom stereocenters. The molecule has 0 amide bonds. The van der Waals surface area contributed by atoms with Gasteiger partial charge in [0.2, 0.25) is 6.10 Å². The van der Waals surface area contributed by atoms with E-state index in [0.29, 0.717) is 34.5 Å². The fourth-order valence-corrected chi connectivity index (χ4v) is 4.68. The molecule has 20 N–H and O–H groups in total. The minimum Gasteiger partial charge on any atom is -0.478 e. The van der Waals surface area contributed by atoms with Crippen molar-refractivity contribution in [1.82, 2.24) is 21.3 Å². The molecule has 2 aromatic carbocycles. The van der Waals surface area contributed by atoms with Crippen LogP contribution < -0.4 is 31.9 Å². The lowest BCUT2D eigenvalue weighted by Gasteiger charge is -2.28. The third-order valence-electron chi connectivity index (χ3n) is 7.66. The number of unbranched alkanes of at least 4 members (excludes halogenated alkanes) is 3. The lowest BCUT2D eigenvalue weighted by molar-refractivity contribution is -0.195. The molecule has 0 spiro atoms. The number of rotatable bonds is 20. The molecule has 0 aromatic heterocycles. The maximum absolute atomic E-state index is 11.6. The predicted molar refractivity (Wildman–Crippen MR) is 216 cm³/mol. The first-order chi connectivity index (χ1) is 27.8. The number of ether oxygens (including phenoxy) is 1. The van der Waals surface area contributed by atoms with E-state index in [9.17, 15) is 35.1 Å². The van der Waals surface area contributed by atoms with Gasteiger partial charge >= 0.3 is 11.9 Å². The van der Waals surface area contributed by atoms with Gasteiger partial charge in [-0.05, 0) is 61.4 Å². The maximum atomic E-state index is 11.6. The van der Waals surface area contributed by atoms with Crippen LogP contribution in [0.2, 0.25) is 10.0 Å². The van der Waals surface area contributed by atoms with E-state index in [-0.39, 0.29) is 23.8 Å². The number of benzene rings is 2. The second-order valence-corrected chi connectivity index (χ2v) is 13.3. The summed E-state index contributed by atoms with van der Waals surface area (Å²) < 4.78 is 4.23. The number of carboxylic acids is 1. The zero-order valence-electron chi connectivity index (χ0n) is 31.3. The summed E-state index contributed by atoms with van der Waals surface area (Å²) in [5, 5.41) is 141. The fourth-order valence-electron chi connectivity index (χ4n) is 4.42. The summed E-state index contributed by atoms with van der Waals surface area (Å²) in [6.45, 7) is -0.830. The van der Waals surface area contributed by atoms with Crippen LogP contribution in [0.3, 0.4) is 0 Å². The van der Waals surface area contributed by atoms with Crippen molar-refractivity contribution in [1.29, 1.82) is 21.6 Å². The molecule has 330 valence electrons. The molecule has 0 heterocycles. The van der Waals surface area contributed by atoms with Gasteiger partial charge in [0.25, 0.3) is 0 Å². The van der Waals surface area contributed by atoms with Gasteiger partial charge in [-0.3, -0.25) is 32.3 Å². The number of carboxylic acid groups (broad SMARTS) is 1. The van der Waals surface area contributed by atoms with Crippen LogP contribution in [0.15, 0.2) is 48.5 Å². The molecule has 0 saturated heterocycles. The van der Waals surface area contributed by atoms with Gasteiger partial charge in [-0.25, -0.2) is 9.59 Å². The third-order valence-corrected chi connectivity index (χ3v) is 8.16. The average molecular weight is 880 g/mol. The summed E-state index contributed by atoms with van der Waals surface area (Å²) in [7, 11) is 0. The molecule has 0 aliphatic carbocycles. The Hall–Kier alpha value is -4.92. The van der Waals surface area contributed by atoms with Crippen molar-refractivity contribution in [3.8, 4) is 0 Å². The number of aliphatic hydroxyl groups excluding tert-OH is 9. The Morgan fingerprint density at radius 1 is 0.576 bits per heavy atom. The van der Waals surface area contributed by atoms with E-state index in [0.717, 1.165) is 25.7 Å². The Morgan fingerprint density at radius 2 is 0.949 bits per heavy atom. The normalized spacial score (nSPS) is 14.8. The smallest absolute Gasteiger partial charge is 0.347 e. The number of hydrogen-bond acceptors (Lipinski definition) is 16. The van der Waals surface area contributed by atoms with E-state index < -0.39 is 74.0 Å². The Balaban J connectivity index is 0.000000621. The Kier molecular flexibility index (Phi) is 24.5. The summed E-state index contributed by atoms with van der Waals surface area (Å²) >= 11 is 11.7. The highest BCUT2D eigenvalue weighted by Gasteiger charge is 2.42. The van der Waals surface area contributed by atoms with Gasteiger partial charge < -0.3 is 77.1 Å². The van der Waals surface area contributed by atoms with Crippen LogP contribution in [0.4, 0.5) is 11.4 Å². The van der Waals surface area contributed by atoms with Crippen LogP contribution in [-0.2, 0) is 14.3 Å². The average Bonchev–Trinajstić information content (AvgIpc) is 3.20. The van der Waals surface area contributed by atoms with E-state index >= 15 is 0 Å². The predicted octanol–water partition coefficient (Wildman–Crippen LogP) is -2.33. The zero-order chi connectivity index (χ0) is 44.7. The molecule has 8 atom stereocenters. The Bertz CT molecular complexity index is 1550. The van der Waals surface area contributed by atoms with Crippen molar-refractivity contribution in [3.63, 3.8) is 0 Å². The zero-order valence-corrected chi connectivity index (χ0v) is 32.9. The monoisotopic (exact) mass is 878 g/mol. The van der Waals surface area contributed by atoms with Gasteiger partial charge in [0.1, 0.15) is 36.6 Å². The molecule has 0 bridgehead atoms. The molecule has 2 rings (SSSR count). The summed E-state index contributed by atoms with van der Waals surface area (Å²) in [5.41, 5.74) is 1.42. The van der Waals surface area contributed by atoms with E-state index in [4.69, 9.17) is 70.4 Å². The van der Waals surface area contributed by atoms with Gasteiger partial charge in [0.15, 0.2) is 29.9 Å².